The Kier molecular flexibility index (Phi) is 6.29. The van der Waals surface area contributed by atoms with Crippen LogP contribution in [0.2, 0.25) is 0 Å². The highest BCUT2D eigenvalue weighted by molar-refractivity contribution is 7.15. The molecule has 2 aliphatic rings. The smallest absolute Gasteiger partial charge is 0.251 e. The van der Waals surface area contributed by atoms with Crippen LogP contribution >= 0.6 is 11.3 Å². The molecule has 1 atom stereocenters. The van der Waals surface area contributed by atoms with Crippen LogP contribution in [0.5, 0.6) is 0 Å². The highest BCUT2D eigenvalue weighted by Gasteiger charge is 2.30. The number of nitrogens with zero attached hydrogens (tertiary/aromatic N) is 4. The molecule has 0 saturated carbocycles. The van der Waals surface area contributed by atoms with Crippen LogP contribution in [0, 0.1) is 0 Å². The summed E-state index contributed by atoms with van der Waals surface area (Å²) in [5, 5.41) is 11.8. The number of amides is 2. The summed E-state index contributed by atoms with van der Waals surface area (Å²) in [7, 11) is 1.59. The van der Waals surface area contributed by atoms with Crippen LogP contribution < -0.4 is 5.32 Å². The lowest BCUT2D eigenvalue weighted by Gasteiger charge is -2.35. The average Bonchev–Trinajstić information content (AvgIpc) is 3.27. The standard InChI is InChI=1S/C15H23N5O4S/c1-23-10-13-17-18-15(25-13)16-12(21)9-19-4-6-20(7-5-19)14(22)11-3-2-8-24-11/h11H,2-10H2,1H3,(H,16,18,21)/t11-/m1/s1. The molecule has 2 fully saturated rings. The second-order valence-corrected chi connectivity index (χ2v) is 7.15. The van der Waals surface area contributed by atoms with E-state index in [1.54, 1.807) is 7.11 Å². The molecule has 0 spiro atoms. The molecule has 1 aromatic heterocycles. The van der Waals surface area contributed by atoms with E-state index in [-0.39, 0.29) is 24.5 Å². The SMILES string of the molecule is COCc1nnc(NC(=O)CN2CCN(C(=O)[C@H]3CCCO3)CC2)s1. The molecule has 0 radical (unpaired) electrons. The minimum Gasteiger partial charge on any atom is -0.377 e. The van der Waals surface area contributed by atoms with Gasteiger partial charge in [-0.05, 0) is 12.8 Å². The predicted octanol–water partition coefficient (Wildman–Crippen LogP) is -0.0538. The van der Waals surface area contributed by atoms with Gasteiger partial charge in [0.1, 0.15) is 17.7 Å². The van der Waals surface area contributed by atoms with Crippen LogP contribution in [0.1, 0.15) is 17.8 Å². The molecule has 0 bridgehead atoms. The number of ether oxygens (including phenoxy) is 2. The van der Waals surface area contributed by atoms with E-state index in [4.69, 9.17) is 9.47 Å². The lowest BCUT2D eigenvalue weighted by molar-refractivity contribution is -0.142. The van der Waals surface area contributed by atoms with Gasteiger partial charge < -0.3 is 14.4 Å². The van der Waals surface area contributed by atoms with Gasteiger partial charge in [-0.3, -0.25) is 19.8 Å². The van der Waals surface area contributed by atoms with E-state index < -0.39 is 0 Å². The third kappa shape index (κ3) is 4.94. The summed E-state index contributed by atoms with van der Waals surface area (Å²) in [4.78, 5) is 28.3. The van der Waals surface area contributed by atoms with Crippen LogP contribution in [-0.2, 0) is 25.7 Å². The maximum absolute atomic E-state index is 12.3. The second kappa shape index (κ2) is 8.65. The van der Waals surface area contributed by atoms with Crippen molar-refractivity contribution >= 4 is 28.3 Å². The molecule has 2 amide bonds. The molecular weight excluding hydrogens is 346 g/mol. The molecular formula is C15H23N5O4S. The summed E-state index contributed by atoms with van der Waals surface area (Å²) in [5.41, 5.74) is 0. The van der Waals surface area contributed by atoms with Crippen molar-refractivity contribution in [2.75, 3.05) is 51.8 Å². The van der Waals surface area contributed by atoms with Crippen LogP contribution in [0.25, 0.3) is 0 Å². The van der Waals surface area contributed by atoms with Gasteiger partial charge in [-0.2, -0.15) is 0 Å². The number of nitrogens with one attached hydrogen (secondary N) is 1. The Morgan fingerprint density at radius 2 is 2.12 bits per heavy atom. The van der Waals surface area contributed by atoms with Gasteiger partial charge in [0, 0.05) is 39.9 Å². The lowest BCUT2D eigenvalue weighted by Crippen LogP contribution is -2.52. The number of anilines is 1. The Labute approximate surface area is 150 Å². The molecule has 1 aromatic rings. The van der Waals surface area contributed by atoms with Crippen molar-refractivity contribution < 1.29 is 19.1 Å². The number of carbonyl (C=O) groups is 2. The average molecular weight is 369 g/mol. The number of rotatable bonds is 6. The Morgan fingerprint density at radius 3 is 2.80 bits per heavy atom. The minimum atomic E-state index is -0.270. The predicted molar refractivity (Wildman–Crippen MR) is 91.2 cm³/mol. The van der Waals surface area contributed by atoms with E-state index in [9.17, 15) is 9.59 Å². The molecule has 9 nitrogen and oxygen atoms in total. The zero-order valence-electron chi connectivity index (χ0n) is 14.3. The van der Waals surface area contributed by atoms with Crippen molar-refractivity contribution in [3.63, 3.8) is 0 Å². The van der Waals surface area contributed by atoms with Crippen molar-refractivity contribution in [3.8, 4) is 0 Å². The fourth-order valence-electron chi connectivity index (χ4n) is 2.95. The van der Waals surface area contributed by atoms with Crippen molar-refractivity contribution in [3.05, 3.63) is 5.01 Å². The lowest BCUT2D eigenvalue weighted by atomic mass is 10.2. The molecule has 0 unspecified atom stereocenters. The maximum atomic E-state index is 12.3. The summed E-state index contributed by atoms with van der Waals surface area (Å²) in [6.07, 6.45) is 1.50. The topological polar surface area (TPSA) is 96.9 Å². The van der Waals surface area contributed by atoms with Gasteiger partial charge in [0.2, 0.25) is 11.0 Å². The van der Waals surface area contributed by atoms with Gasteiger partial charge in [0.25, 0.3) is 5.91 Å². The highest BCUT2D eigenvalue weighted by atomic mass is 32.1. The van der Waals surface area contributed by atoms with E-state index >= 15 is 0 Å². The first-order valence-electron chi connectivity index (χ1n) is 8.39. The Balaban J connectivity index is 1.40. The van der Waals surface area contributed by atoms with Gasteiger partial charge in [-0.1, -0.05) is 11.3 Å². The van der Waals surface area contributed by atoms with E-state index in [1.165, 1.54) is 11.3 Å². The van der Waals surface area contributed by atoms with Crippen molar-refractivity contribution in [2.24, 2.45) is 0 Å². The molecule has 0 aliphatic carbocycles. The first kappa shape index (κ1) is 18.2. The van der Waals surface area contributed by atoms with E-state index in [0.29, 0.717) is 44.5 Å². The van der Waals surface area contributed by atoms with E-state index in [1.807, 2.05) is 9.80 Å². The Bertz CT molecular complexity index is 596. The largest absolute Gasteiger partial charge is 0.377 e. The van der Waals surface area contributed by atoms with Crippen LogP contribution in [0.3, 0.4) is 0 Å². The zero-order chi connectivity index (χ0) is 17.6. The zero-order valence-corrected chi connectivity index (χ0v) is 15.1. The molecule has 3 rings (SSSR count). The first-order valence-corrected chi connectivity index (χ1v) is 9.21. The van der Waals surface area contributed by atoms with Crippen molar-refractivity contribution in [1.29, 1.82) is 0 Å². The van der Waals surface area contributed by atoms with E-state index in [2.05, 4.69) is 15.5 Å². The molecule has 25 heavy (non-hydrogen) atoms. The fraction of sp³-hybridized carbons (Fsp3) is 0.733. The molecule has 1 N–H and O–H groups in total. The third-order valence-electron chi connectivity index (χ3n) is 4.24. The number of hydrogen-bond donors (Lipinski definition) is 1. The number of methoxy groups -OCH3 is 1. The third-order valence-corrected chi connectivity index (χ3v) is 5.05. The Hall–Kier alpha value is -1.62. The maximum Gasteiger partial charge on any atom is 0.251 e. The van der Waals surface area contributed by atoms with E-state index in [0.717, 1.165) is 17.8 Å². The highest BCUT2D eigenvalue weighted by Crippen LogP contribution is 2.17. The van der Waals surface area contributed by atoms with Gasteiger partial charge >= 0.3 is 0 Å². The summed E-state index contributed by atoms with van der Waals surface area (Å²) < 4.78 is 10.4. The quantitative estimate of drug-likeness (QED) is 0.751. The van der Waals surface area contributed by atoms with Crippen LogP contribution in [-0.4, -0.2) is 84.4 Å². The number of carbonyl (C=O) groups excluding carboxylic acids is 2. The van der Waals surface area contributed by atoms with Gasteiger partial charge in [-0.25, -0.2) is 0 Å². The van der Waals surface area contributed by atoms with Gasteiger partial charge in [-0.15, -0.1) is 10.2 Å². The minimum absolute atomic E-state index is 0.0844. The summed E-state index contributed by atoms with van der Waals surface area (Å²) in [6.45, 7) is 3.95. The number of hydrogen-bond acceptors (Lipinski definition) is 8. The Morgan fingerprint density at radius 1 is 1.32 bits per heavy atom. The monoisotopic (exact) mass is 369 g/mol. The number of aromatic nitrogens is 2. The van der Waals surface area contributed by atoms with Crippen molar-refractivity contribution in [2.45, 2.75) is 25.6 Å². The molecule has 0 aromatic carbocycles. The van der Waals surface area contributed by atoms with Gasteiger partial charge in [0.05, 0.1) is 6.54 Å². The molecule has 10 heteroatoms. The number of piperazine rings is 1. The normalized spacial score (nSPS) is 21.5. The van der Waals surface area contributed by atoms with Crippen LogP contribution in [0.15, 0.2) is 0 Å². The molecule has 2 saturated heterocycles. The molecule has 138 valence electrons. The summed E-state index contributed by atoms with van der Waals surface area (Å²) in [5.74, 6) is -0.0415. The van der Waals surface area contributed by atoms with Gasteiger partial charge in [0.15, 0.2) is 0 Å². The summed E-state index contributed by atoms with van der Waals surface area (Å²) in [6, 6.07) is 0. The summed E-state index contributed by atoms with van der Waals surface area (Å²) >= 11 is 1.30. The molecule has 3 heterocycles. The first-order chi connectivity index (χ1) is 12.2. The molecule has 2 aliphatic heterocycles. The van der Waals surface area contributed by atoms with Crippen molar-refractivity contribution in [1.82, 2.24) is 20.0 Å². The van der Waals surface area contributed by atoms with Crippen LogP contribution in [0.4, 0.5) is 5.13 Å². The second-order valence-electron chi connectivity index (χ2n) is 6.09. The fourth-order valence-corrected chi connectivity index (χ4v) is 3.68.